The van der Waals surface area contributed by atoms with Gasteiger partial charge in [-0.15, -0.1) is 0 Å². The first kappa shape index (κ1) is 25.2. The molecule has 34 heavy (non-hydrogen) atoms. The highest BCUT2D eigenvalue weighted by atomic mass is 16.5. The Bertz CT molecular complexity index is 1000. The van der Waals surface area contributed by atoms with E-state index >= 15 is 0 Å². The standard InChI is InChI=1S/C26H34N4O4/c1-18(2)24(28-25(32)20-7-5-6-19(3)16-20)26(33)29(4)17-23(31)27-21-8-10-22(11-9-21)30-12-14-34-15-13-30/h5-11,16,18,24H,12-15,17H2,1-4H3,(H,27,31)(H,28,32). The predicted molar refractivity (Wildman–Crippen MR) is 133 cm³/mol. The molecule has 1 atom stereocenters. The van der Waals surface area contributed by atoms with Gasteiger partial charge in [-0.25, -0.2) is 0 Å². The number of aryl methyl sites for hydroxylation is 1. The summed E-state index contributed by atoms with van der Waals surface area (Å²) in [6.45, 7) is 8.62. The zero-order valence-corrected chi connectivity index (χ0v) is 20.3. The number of nitrogens with one attached hydrogen (secondary N) is 2. The number of carbonyl (C=O) groups is 3. The molecule has 1 aliphatic heterocycles. The topological polar surface area (TPSA) is 91.0 Å². The molecule has 2 aromatic rings. The number of rotatable bonds is 8. The van der Waals surface area contributed by atoms with Crippen LogP contribution in [0.25, 0.3) is 0 Å². The van der Waals surface area contributed by atoms with Gasteiger partial charge >= 0.3 is 0 Å². The van der Waals surface area contributed by atoms with Gasteiger partial charge in [0.05, 0.1) is 19.8 Å². The van der Waals surface area contributed by atoms with Crippen LogP contribution in [0.2, 0.25) is 0 Å². The van der Waals surface area contributed by atoms with E-state index in [-0.39, 0.29) is 30.2 Å². The Morgan fingerprint density at radius 3 is 2.35 bits per heavy atom. The summed E-state index contributed by atoms with van der Waals surface area (Å²) in [5.41, 5.74) is 3.21. The van der Waals surface area contributed by atoms with Crippen molar-refractivity contribution in [1.82, 2.24) is 10.2 Å². The molecule has 1 unspecified atom stereocenters. The third kappa shape index (κ3) is 6.81. The number of nitrogens with zero attached hydrogens (tertiary/aromatic N) is 2. The van der Waals surface area contributed by atoms with Gasteiger partial charge in [-0.3, -0.25) is 14.4 Å². The molecule has 1 saturated heterocycles. The molecule has 2 aromatic carbocycles. The molecule has 2 N–H and O–H groups in total. The van der Waals surface area contributed by atoms with E-state index in [2.05, 4.69) is 15.5 Å². The summed E-state index contributed by atoms with van der Waals surface area (Å²) in [6, 6.07) is 14.1. The summed E-state index contributed by atoms with van der Waals surface area (Å²) in [4.78, 5) is 41.9. The fourth-order valence-corrected chi connectivity index (χ4v) is 3.83. The van der Waals surface area contributed by atoms with E-state index in [0.717, 1.165) is 24.3 Å². The van der Waals surface area contributed by atoms with Gasteiger partial charge < -0.3 is 25.2 Å². The minimum atomic E-state index is -0.737. The molecular weight excluding hydrogens is 432 g/mol. The van der Waals surface area contributed by atoms with E-state index in [1.54, 1.807) is 25.2 Å². The maximum atomic E-state index is 13.0. The van der Waals surface area contributed by atoms with Crippen LogP contribution in [0, 0.1) is 12.8 Å². The van der Waals surface area contributed by atoms with E-state index in [4.69, 9.17) is 4.74 Å². The molecule has 0 aromatic heterocycles. The maximum Gasteiger partial charge on any atom is 0.251 e. The molecule has 8 heteroatoms. The zero-order chi connectivity index (χ0) is 24.7. The van der Waals surface area contributed by atoms with Crippen molar-refractivity contribution in [3.63, 3.8) is 0 Å². The van der Waals surface area contributed by atoms with Crippen LogP contribution >= 0.6 is 0 Å². The molecule has 3 rings (SSSR count). The number of benzene rings is 2. The van der Waals surface area contributed by atoms with Gasteiger partial charge in [0.2, 0.25) is 11.8 Å². The van der Waals surface area contributed by atoms with Crippen molar-refractivity contribution in [2.75, 3.05) is 50.1 Å². The lowest BCUT2D eigenvalue weighted by atomic mass is 10.0. The maximum absolute atomic E-state index is 13.0. The second-order valence-electron chi connectivity index (χ2n) is 8.95. The molecule has 1 heterocycles. The first-order valence-corrected chi connectivity index (χ1v) is 11.6. The Balaban J connectivity index is 1.55. The van der Waals surface area contributed by atoms with Crippen molar-refractivity contribution in [1.29, 1.82) is 0 Å². The Kier molecular flexibility index (Phi) is 8.65. The molecule has 8 nitrogen and oxygen atoms in total. The lowest BCUT2D eigenvalue weighted by molar-refractivity contribution is -0.135. The van der Waals surface area contributed by atoms with Gasteiger partial charge in [-0.2, -0.15) is 0 Å². The molecule has 182 valence electrons. The molecule has 0 spiro atoms. The third-order valence-electron chi connectivity index (χ3n) is 5.78. The van der Waals surface area contributed by atoms with E-state index in [9.17, 15) is 14.4 Å². The minimum Gasteiger partial charge on any atom is -0.378 e. The number of hydrogen-bond donors (Lipinski definition) is 2. The van der Waals surface area contributed by atoms with Crippen LogP contribution in [0.15, 0.2) is 48.5 Å². The van der Waals surface area contributed by atoms with Crippen molar-refractivity contribution >= 4 is 29.1 Å². The van der Waals surface area contributed by atoms with Crippen LogP contribution < -0.4 is 15.5 Å². The van der Waals surface area contributed by atoms with Gasteiger partial charge in [-0.1, -0.05) is 31.5 Å². The molecule has 3 amide bonds. The molecular formula is C26H34N4O4. The largest absolute Gasteiger partial charge is 0.378 e. The fourth-order valence-electron chi connectivity index (χ4n) is 3.83. The molecule has 1 aliphatic rings. The van der Waals surface area contributed by atoms with Gasteiger partial charge in [0.15, 0.2) is 0 Å². The Morgan fingerprint density at radius 1 is 1.06 bits per heavy atom. The highest BCUT2D eigenvalue weighted by Crippen LogP contribution is 2.19. The lowest BCUT2D eigenvalue weighted by Crippen LogP contribution is -2.51. The minimum absolute atomic E-state index is 0.117. The van der Waals surface area contributed by atoms with Gasteiger partial charge in [0.1, 0.15) is 6.04 Å². The van der Waals surface area contributed by atoms with Crippen molar-refractivity contribution in [2.24, 2.45) is 5.92 Å². The number of carbonyl (C=O) groups excluding carboxylic acids is 3. The van der Waals surface area contributed by atoms with Gasteiger partial charge in [0, 0.05) is 37.1 Å². The van der Waals surface area contributed by atoms with Crippen LogP contribution in [0.1, 0.15) is 29.8 Å². The summed E-state index contributed by atoms with van der Waals surface area (Å²) in [5, 5.41) is 5.66. The molecule has 0 aliphatic carbocycles. The lowest BCUT2D eigenvalue weighted by Gasteiger charge is -2.29. The van der Waals surface area contributed by atoms with E-state index in [1.807, 2.05) is 51.1 Å². The average molecular weight is 467 g/mol. The first-order valence-electron chi connectivity index (χ1n) is 11.6. The number of hydrogen-bond acceptors (Lipinski definition) is 5. The van der Waals surface area contributed by atoms with Crippen LogP contribution in [0.3, 0.4) is 0 Å². The van der Waals surface area contributed by atoms with E-state index < -0.39 is 6.04 Å². The fraction of sp³-hybridized carbons (Fsp3) is 0.423. The number of likely N-dealkylation sites (N-methyl/N-ethyl adjacent to an activating group) is 1. The smallest absolute Gasteiger partial charge is 0.251 e. The van der Waals surface area contributed by atoms with Gasteiger partial charge in [-0.05, 0) is 49.2 Å². The summed E-state index contributed by atoms with van der Waals surface area (Å²) in [5.74, 6) is -1.07. The summed E-state index contributed by atoms with van der Waals surface area (Å²) in [7, 11) is 1.57. The van der Waals surface area contributed by atoms with Gasteiger partial charge in [0.25, 0.3) is 5.91 Å². The first-order chi connectivity index (χ1) is 16.2. The van der Waals surface area contributed by atoms with Crippen molar-refractivity contribution < 1.29 is 19.1 Å². The number of anilines is 2. The van der Waals surface area contributed by atoms with Crippen LogP contribution in [0.4, 0.5) is 11.4 Å². The average Bonchev–Trinajstić information content (AvgIpc) is 2.82. The summed E-state index contributed by atoms with van der Waals surface area (Å²) < 4.78 is 5.38. The highest BCUT2D eigenvalue weighted by molar-refractivity contribution is 5.99. The van der Waals surface area contributed by atoms with Crippen molar-refractivity contribution in [3.8, 4) is 0 Å². The van der Waals surface area contributed by atoms with E-state index in [0.29, 0.717) is 24.5 Å². The quantitative estimate of drug-likeness (QED) is 0.624. The summed E-state index contributed by atoms with van der Waals surface area (Å²) >= 11 is 0. The zero-order valence-electron chi connectivity index (χ0n) is 20.3. The van der Waals surface area contributed by atoms with Crippen LogP contribution in [-0.4, -0.2) is 68.6 Å². The Labute approximate surface area is 201 Å². The normalized spacial score (nSPS) is 14.4. The second-order valence-corrected chi connectivity index (χ2v) is 8.95. The second kappa shape index (κ2) is 11.7. The van der Waals surface area contributed by atoms with Crippen LogP contribution in [-0.2, 0) is 14.3 Å². The SMILES string of the molecule is Cc1cccc(C(=O)NC(C(=O)N(C)CC(=O)Nc2ccc(N3CCOCC3)cc2)C(C)C)c1. The molecule has 0 radical (unpaired) electrons. The molecule has 0 saturated carbocycles. The monoisotopic (exact) mass is 466 g/mol. The number of amides is 3. The Hall–Kier alpha value is -3.39. The van der Waals surface area contributed by atoms with E-state index in [1.165, 1.54) is 4.90 Å². The predicted octanol–water partition coefficient (Wildman–Crippen LogP) is 2.68. The van der Waals surface area contributed by atoms with Crippen LogP contribution in [0.5, 0.6) is 0 Å². The highest BCUT2D eigenvalue weighted by Gasteiger charge is 2.28. The van der Waals surface area contributed by atoms with Crippen molar-refractivity contribution in [3.05, 3.63) is 59.7 Å². The number of morpholine rings is 1. The molecule has 0 bridgehead atoms. The number of ether oxygens (including phenoxy) is 1. The van der Waals surface area contributed by atoms with Crippen molar-refractivity contribution in [2.45, 2.75) is 26.8 Å². The summed E-state index contributed by atoms with van der Waals surface area (Å²) in [6.07, 6.45) is 0. The Morgan fingerprint density at radius 2 is 1.74 bits per heavy atom. The molecule has 1 fully saturated rings. The third-order valence-corrected chi connectivity index (χ3v) is 5.78.